The van der Waals surface area contributed by atoms with Crippen molar-refractivity contribution in [1.29, 1.82) is 0 Å². The summed E-state index contributed by atoms with van der Waals surface area (Å²) in [6.45, 7) is 4.69. The number of nitrogens with two attached hydrogens (primary N) is 1. The van der Waals surface area contributed by atoms with Gasteiger partial charge in [-0.2, -0.15) is 40.2 Å². The van der Waals surface area contributed by atoms with Gasteiger partial charge in [-0.3, -0.25) is 19.3 Å². The fourth-order valence-electron chi connectivity index (χ4n) is 9.11. The Hall–Kier alpha value is -6.82. The molecule has 26 heteroatoms. The number of methoxy groups -OCH3 is 2. The van der Waals surface area contributed by atoms with Gasteiger partial charge in [0.15, 0.2) is 5.78 Å². The number of benzene rings is 2. The van der Waals surface area contributed by atoms with Crippen LogP contribution in [0.25, 0.3) is 11.1 Å². The van der Waals surface area contributed by atoms with Crippen LogP contribution in [0.1, 0.15) is 82.2 Å². The average Bonchev–Trinajstić information content (AvgIpc) is 3.99. The molecule has 4 atom stereocenters. The third kappa shape index (κ3) is 17.6. The Bertz CT molecular complexity index is 2780. The number of hydrogen-bond acceptors (Lipinski definition) is 13. The van der Waals surface area contributed by atoms with Crippen molar-refractivity contribution >= 4 is 29.6 Å². The Morgan fingerprint density at radius 2 is 1.41 bits per heavy atom. The molecule has 2 amide bonds. The number of rotatable bonds is 20. The number of carbonyl (C=O) groups is 4. The number of amides is 2. The molecular weight excluding hydrogens is 1090 g/mol. The molecule has 4 heterocycles. The zero-order valence-corrected chi connectivity index (χ0v) is 45.4. The molecule has 2 fully saturated rings. The summed E-state index contributed by atoms with van der Waals surface area (Å²) >= 11 is 0. The van der Waals surface area contributed by atoms with Crippen LogP contribution in [0.5, 0.6) is 0 Å². The number of aliphatic hydroxyl groups excluding tert-OH is 1. The van der Waals surface area contributed by atoms with E-state index in [1.54, 1.807) is 30.5 Å². The number of Topliss-reactive ketones (excluding diaryl/α,β-unsaturated/α-hetero) is 1. The molecule has 0 bridgehead atoms. The van der Waals surface area contributed by atoms with E-state index in [-0.39, 0.29) is 24.1 Å². The highest BCUT2D eigenvalue weighted by atomic mass is 19.4. The van der Waals surface area contributed by atoms with E-state index in [9.17, 15) is 59.4 Å². The number of aromatic nitrogens is 3. The first-order chi connectivity index (χ1) is 38.0. The maximum absolute atomic E-state index is 15.1. The van der Waals surface area contributed by atoms with Gasteiger partial charge >= 0.3 is 31.0 Å². The summed E-state index contributed by atoms with van der Waals surface area (Å²) < 4.78 is 151. The van der Waals surface area contributed by atoms with Crippen LogP contribution < -0.4 is 21.3 Å². The maximum atomic E-state index is 15.1. The summed E-state index contributed by atoms with van der Waals surface area (Å²) in [5.74, 6) is -0.780. The number of carbonyl (C=O) groups excluding carboxylic acids is 4. The number of halogens is 10. The van der Waals surface area contributed by atoms with Crippen LogP contribution in [-0.4, -0.2) is 139 Å². The van der Waals surface area contributed by atoms with Crippen LogP contribution in [0.3, 0.4) is 0 Å². The highest BCUT2D eigenvalue weighted by molar-refractivity contribution is 5.88. The van der Waals surface area contributed by atoms with E-state index < -0.39 is 114 Å². The fourth-order valence-corrected chi connectivity index (χ4v) is 9.11. The predicted octanol–water partition coefficient (Wildman–Crippen LogP) is 8.14. The zero-order chi connectivity index (χ0) is 60.0. The number of ether oxygens (including phenoxy) is 3. The molecule has 0 radical (unpaired) electrons. The standard InChI is InChI=1S/C46H52F7N7O5.C9H14F3NO3/c1-45(2,46(51,52)53)42(57-44(63)64-3)39(61)23-33(40(62)27-54-26-36-37(47)21-32(22-38(36)48)34-25-56-60(28-34)43(49)50)20-30-7-4-29(5-8-30)6-9-31-10-11-41(55-24-31)59-16-14-58(15-17-59)35-12-18-65-19-13-35;1-8(2,9(10,11)12)5(7(13)15)4-6(14)16-3/h4-5,7-8,10-11,21-22,24-25,28,33,35,40,42-43,54,62H,12-20,23,26-27H2,1-3H3,(H,57,63);5H,4H2,1-3H3,(H2,13,15)/t33-,40+,42-;5-/m11/s1. The molecule has 0 unspecified atom stereocenters. The third-order valence-corrected chi connectivity index (χ3v) is 14.6. The number of piperazine rings is 1. The molecule has 2 aromatic heterocycles. The van der Waals surface area contributed by atoms with E-state index in [0.717, 1.165) is 124 Å². The lowest BCUT2D eigenvalue weighted by atomic mass is 9.76. The number of alkyl carbamates (subject to hydrolysis) is 1. The van der Waals surface area contributed by atoms with Crippen LogP contribution in [0.15, 0.2) is 67.1 Å². The van der Waals surface area contributed by atoms with Gasteiger partial charge in [0.25, 0.3) is 0 Å². The van der Waals surface area contributed by atoms with Gasteiger partial charge in [0, 0.05) is 99.6 Å². The second-order valence-corrected chi connectivity index (χ2v) is 20.7. The Morgan fingerprint density at radius 3 is 1.93 bits per heavy atom. The van der Waals surface area contributed by atoms with Gasteiger partial charge in [0.2, 0.25) is 5.91 Å². The molecule has 2 aromatic carbocycles. The summed E-state index contributed by atoms with van der Waals surface area (Å²) in [6.07, 6.45) is -7.83. The van der Waals surface area contributed by atoms with Crippen molar-refractivity contribution in [2.24, 2.45) is 28.4 Å². The molecule has 81 heavy (non-hydrogen) atoms. The quantitative estimate of drug-likeness (QED) is 0.0376. The van der Waals surface area contributed by atoms with Crippen molar-refractivity contribution in [3.8, 4) is 23.0 Å². The Morgan fingerprint density at radius 1 is 0.815 bits per heavy atom. The summed E-state index contributed by atoms with van der Waals surface area (Å²) in [5, 5.41) is 19.7. The molecule has 444 valence electrons. The smallest absolute Gasteiger partial charge is 0.407 e. The van der Waals surface area contributed by atoms with Crippen LogP contribution in [-0.2, 0) is 41.6 Å². The minimum Gasteiger partial charge on any atom is -0.469 e. The largest absolute Gasteiger partial charge is 0.469 e. The number of primary amides is 1. The summed E-state index contributed by atoms with van der Waals surface area (Å²) in [4.78, 5) is 57.2. The van der Waals surface area contributed by atoms with E-state index >= 15 is 8.78 Å². The number of anilines is 1. The Kier molecular flexibility index (Phi) is 22.7. The average molecular weight is 1160 g/mol. The lowest BCUT2D eigenvalue weighted by molar-refractivity contribution is -0.229. The van der Waals surface area contributed by atoms with Crippen molar-refractivity contribution in [2.45, 2.75) is 103 Å². The van der Waals surface area contributed by atoms with Crippen molar-refractivity contribution in [2.75, 3.05) is 65.1 Å². The van der Waals surface area contributed by atoms with Gasteiger partial charge in [-0.25, -0.2) is 23.2 Å². The zero-order valence-electron chi connectivity index (χ0n) is 45.4. The number of esters is 1. The second-order valence-electron chi connectivity index (χ2n) is 20.7. The third-order valence-electron chi connectivity index (χ3n) is 14.6. The minimum absolute atomic E-state index is 0.0296. The molecule has 2 saturated heterocycles. The van der Waals surface area contributed by atoms with Crippen molar-refractivity contribution < 1.29 is 82.4 Å². The molecule has 6 rings (SSSR count). The Balaban J connectivity index is 0.000000652. The lowest BCUT2D eigenvalue weighted by Gasteiger charge is -2.41. The number of aliphatic hydroxyl groups is 1. The molecular formula is C55H66F10N8O8. The monoisotopic (exact) mass is 1160 g/mol. The number of nitrogens with zero attached hydrogens (tertiary/aromatic N) is 5. The molecule has 4 aromatic rings. The number of ketones is 1. The topological polar surface area (TPSA) is 203 Å². The van der Waals surface area contributed by atoms with Crippen molar-refractivity contribution in [1.82, 2.24) is 30.3 Å². The number of alkyl halides is 8. The van der Waals surface area contributed by atoms with Crippen LogP contribution in [0.2, 0.25) is 0 Å². The van der Waals surface area contributed by atoms with Crippen LogP contribution in [0.4, 0.5) is 54.5 Å². The fraction of sp³-hybridized carbons (Fsp3) is 0.527. The molecule has 0 spiro atoms. The summed E-state index contributed by atoms with van der Waals surface area (Å²) in [6, 6.07) is 11.0. The highest BCUT2D eigenvalue weighted by Crippen LogP contribution is 2.45. The van der Waals surface area contributed by atoms with E-state index in [1.807, 2.05) is 17.4 Å². The Labute approximate surface area is 462 Å². The van der Waals surface area contributed by atoms with E-state index in [2.05, 4.69) is 46.5 Å². The van der Waals surface area contributed by atoms with Gasteiger partial charge in [-0.1, -0.05) is 37.8 Å². The second kappa shape index (κ2) is 28.2. The first-order valence-corrected chi connectivity index (χ1v) is 25.7. The molecule has 5 N–H and O–H groups in total. The SMILES string of the molecule is COC(=O)C[C@H](C(N)=O)C(C)(C)C(F)(F)F.COC(=O)N[C@H](C(=O)C[C@@H](Cc1ccc(C#Cc2ccc(N3CCN(C4CCOCC4)CC3)nc2)cc1)[C@@H](O)CNCc1c(F)cc(-c2cnn(C(F)F)c2)cc1F)C(C)(C)C(F)(F)F. The van der Waals surface area contributed by atoms with Crippen LogP contribution in [0, 0.1) is 46.1 Å². The predicted molar refractivity (Wildman–Crippen MR) is 276 cm³/mol. The van der Waals surface area contributed by atoms with Crippen LogP contribution >= 0.6 is 0 Å². The first kappa shape index (κ1) is 65.0. The molecule has 0 aliphatic carbocycles. The minimum atomic E-state index is -4.94. The van der Waals surface area contributed by atoms with Gasteiger partial charge in [0.05, 0.1) is 49.7 Å². The van der Waals surface area contributed by atoms with Crippen molar-refractivity contribution in [3.05, 3.63) is 101 Å². The van der Waals surface area contributed by atoms with E-state index in [4.69, 9.17) is 10.5 Å². The highest BCUT2D eigenvalue weighted by Gasteiger charge is 2.56. The molecule has 2 aliphatic heterocycles. The van der Waals surface area contributed by atoms with Gasteiger partial charge in [-0.05, 0) is 86.6 Å². The summed E-state index contributed by atoms with van der Waals surface area (Å²) in [5.41, 5.74) is 1.24. The van der Waals surface area contributed by atoms with Crippen molar-refractivity contribution in [3.63, 3.8) is 0 Å². The van der Waals surface area contributed by atoms with Gasteiger partial charge in [0.1, 0.15) is 23.5 Å². The van der Waals surface area contributed by atoms with Gasteiger partial charge < -0.3 is 40.6 Å². The summed E-state index contributed by atoms with van der Waals surface area (Å²) in [7, 11) is 1.97. The van der Waals surface area contributed by atoms with E-state index in [0.29, 0.717) is 27.4 Å². The van der Waals surface area contributed by atoms with E-state index in [1.165, 1.54) is 0 Å². The lowest BCUT2D eigenvalue weighted by Crippen LogP contribution is -2.56. The molecule has 16 nitrogen and oxygen atoms in total. The molecule has 2 aliphatic rings. The molecule has 0 saturated carbocycles. The number of nitrogens with one attached hydrogen (secondary N) is 2. The number of pyridine rings is 1. The number of hydrogen-bond donors (Lipinski definition) is 4. The first-order valence-electron chi connectivity index (χ1n) is 25.7. The maximum Gasteiger partial charge on any atom is 0.407 e. The normalized spacial score (nSPS) is 16.2. The van der Waals surface area contributed by atoms with Gasteiger partial charge in [-0.15, -0.1) is 0 Å².